The van der Waals surface area contributed by atoms with Gasteiger partial charge in [0.1, 0.15) is 11.9 Å². The molecule has 8 nitrogen and oxygen atoms in total. The molecule has 1 fully saturated rings. The Morgan fingerprint density at radius 3 is 2.92 bits per heavy atom. The fourth-order valence-corrected chi connectivity index (χ4v) is 2.90. The predicted molar refractivity (Wildman–Crippen MR) is 89.8 cm³/mol. The molecule has 2 aromatic rings. The van der Waals surface area contributed by atoms with Gasteiger partial charge in [-0.05, 0) is 24.6 Å². The van der Waals surface area contributed by atoms with Crippen LogP contribution in [0.2, 0.25) is 0 Å². The van der Waals surface area contributed by atoms with Crippen LogP contribution in [0.3, 0.4) is 0 Å². The van der Waals surface area contributed by atoms with Gasteiger partial charge in [0.15, 0.2) is 0 Å². The molecule has 1 aromatic heterocycles. The largest absolute Gasteiger partial charge is 0.467 e. The molecule has 0 saturated carbocycles. The second kappa shape index (κ2) is 7.38. The Kier molecular flexibility index (Phi) is 5.01. The van der Waals surface area contributed by atoms with Crippen molar-refractivity contribution in [3.63, 3.8) is 0 Å². The second-order valence-electron chi connectivity index (χ2n) is 6.19. The zero-order valence-electron chi connectivity index (χ0n) is 14.2. The SMILES string of the molecule is C[C@H](OC(=O)[C@@H]1CC(=O)N(Cc2ccco2)C1)c1cccc([N+](=O)[O-])c1. The highest BCUT2D eigenvalue weighted by atomic mass is 16.6. The van der Waals surface area contributed by atoms with E-state index in [-0.39, 0.29) is 24.6 Å². The molecule has 0 unspecified atom stereocenters. The summed E-state index contributed by atoms with van der Waals surface area (Å²) in [6.45, 7) is 2.23. The summed E-state index contributed by atoms with van der Waals surface area (Å²) < 4.78 is 10.7. The van der Waals surface area contributed by atoms with Crippen molar-refractivity contribution in [2.24, 2.45) is 5.92 Å². The number of nitrogens with zero attached hydrogens (tertiary/aromatic N) is 2. The first-order valence-corrected chi connectivity index (χ1v) is 8.19. The molecular weight excluding hydrogens is 340 g/mol. The van der Waals surface area contributed by atoms with E-state index >= 15 is 0 Å². The molecule has 136 valence electrons. The number of esters is 1. The van der Waals surface area contributed by atoms with Gasteiger partial charge in [0.2, 0.25) is 5.91 Å². The van der Waals surface area contributed by atoms with E-state index in [9.17, 15) is 19.7 Å². The quantitative estimate of drug-likeness (QED) is 0.447. The zero-order valence-corrected chi connectivity index (χ0v) is 14.2. The number of carbonyl (C=O) groups is 2. The van der Waals surface area contributed by atoms with Gasteiger partial charge in [-0.1, -0.05) is 12.1 Å². The summed E-state index contributed by atoms with van der Waals surface area (Å²) in [5.41, 5.74) is 0.468. The Bertz CT molecular complexity index is 817. The molecule has 0 radical (unpaired) electrons. The topological polar surface area (TPSA) is 103 Å². The predicted octanol–water partition coefficient (Wildman–Crippen LogP) is 2.84. The fraction of sp³-hybridized carbons (Fsp3) is 0.333. The van der Waals surface area contributed by atoms with Gasteiger partial charge in [0.05, 0.1) is 23.6 Å². The van der Waals surface area contributed by atoms with E-state index in [0.29, 0.717) is 17.9 Å². The van der Waals surface area contributed by atoms with Crippen LogP contribution in [0.4, 0.5) is 5.69 Å². The number of nitro benzene ring substituents is 1. The van der Waals surface area contributed by atoms with E-state index in [4.69, 9.17) is 9.15 Å². The van der Waals surface area contributed by atoms with Crippen molar-refractivity contribution in [1.29, 1.82) is 0 Å². The van der Waals surface area contributed by atoms with Gasteiger partial charge in [-0.2, -0.15) is 0 Å². The molecule has 0 aliphatic carbocycles. The molecule has 0 N–H and O–H groups in total. The number of rotatable bonds is 6. The minimum atomic E-state index is -0.642. The average Bonchev–Trinajstić information content (AvgIpc) is 3.25. The Labute approximate surface area is 149 Å². The highest BCUT2D eigenvalue weighted by molar-refractivity contribution is 5.86. The lowest BCUT2D eigenvalue weighted by molar-refractivity contribution is -0.385. The van der Waals surface area contributed by atoms with Gasteiger partial charge < -0.3 is 14.1 Å². The molecule has 2 atom stereocenters. The molecule has 0 bridgehead atoms. The number of benzene rings is 1. The van der Waals surface area contributed by atoms with Crippen molar-refractivity contribution < 1.29 is 23.7 Å². The third-order valence-corrected chi connectivity index (χ3v) is 4.32. The second-order valence-corrected chi connectivity index (χ2v) is 6.19. The number of amides is 1. The van der Waals surface area contributed by atoms with Gasteiger partial charge in [-0.15, -0.1) is 0 Å². The Morgan fingerprint density at radius 1 is 1.42 bits per heavy atom. The number of hydrogen-bond acceptors (Lipinski definition) is 6. The number of hydrogen-bond donors (Lipinski definition) is 0. The van der Waals surface area contributed by atoms with Crippen molar-refractivity contribution in [3.05, 3.63) is 64.1 Å². The summed E-state index contributed by atoms with van der Waals surface area (Å²) in [6.07, 6.45) is 0.973. The van der Waals surface area contributed by atoms with E-state index in [1.54, 1.807) is 36.1 Å². The fourth-order valence-electron chi connectivity index (χ4n) is 2.90. The monoisotopic (exact) mass is 358 g/mol. The van der Waals surface area contributed by atoms with Crippen LogP contribution < -0.4 is 0 Å². The Hall–Kier alpha value is -3.16. The molecule has 1 aliphatic rings. The summed E-state index contributed by atoms with van der Waals surface area (Å²) in [5, 5.41) is 10.9. The number of non-ortho nitro benzene ring substituents is 1. The molecule has 1 aromatic carbocycles. The summed E-state index contributed by atoms with van der Waals surface area (Å²) in [6, 6.07) is 9.46. The third-order valence-electron chi connectivity index (χ3n) is 4.32. The summed E-state index contributed by atoms with van der Waals surface area (Å²) in [7, 11) is 0. The van der Waals surface area contributed by atoms with Gasteiger partial charge in [0.25, 0.3) is 5.69 Å². The first-order valence-electron chi connectivity index (χ1n) is 8.19. The summed E-state index contributed by atoms with van der Waals surface area (Å²) >= 11 is 0. The lowest BCUT2D eigenvalue weighted by Gasteiger charge is -2.17. The molecule has 2 heterocycles. The maximum atomic E-state index is 12.4. The highest BCUT2D eigenvalue weighted by Gasteiger charge is 2.36. The number of furan rings is 1. The molecular formula is C18H18N2O6. The summed E-state index contributed by atoms with van der Waals surface area (Å²) in [5.74, 6) is -0.526. The van der Waals surface area contributed by atoms with Crippen LogP contribution in [0, 0.1) is 16.0 Å². The highest BCUT2D eigenvalue weighted by Crippen LogP contribution is 2.26. The van der Waals surface area contributed by atoms with Gasteiger partial charge >= 0.3 is 5.97 Å². The molecule has 1 saturated heterocycles. The molecule has 1 aliphatic heterocycles. The number of ether oxygens (including phenoxy) is 1. The molecule has 26 heavy (non-hydrogen) atoms. The van der Waals surface area contributed by atoms with Crippen LogP contribution in [0.1, 0.15) is 30.8 Å². The van der Waals surface area contributed by atoms with Crippen LogP contribution in [-0.4, -0.2) is 28.2 Å². The standard InChI is InChI=1S/C18H18N2O6/c1-12(13-4-2-5-15(8-13)20(23)24)26-18(22)14-9-17(21)19(10-14)11-16-6-3-7-25-16/h2-8,12,14H,9-11H2,1H3/t12-,14+/m0/s1. The van der Waals surface area contributed by atoms with E-state index in [1.165, 1.54) is 18.4 Å². The number of carbonyl (C=O) groups excluding carboxylic acids is 2. The third kappa shape index (κ3) is 3.90. The van der Waals surface area contributed by atoms with Gasteiger partial charge in [-0.3, -0.25) is 19.7 Å². The normalized spacial score (nSPS) is 18.0. The first kappa shape index (κ1) is 17.7. The minimum Gasteiger partial charge on any atom is -0.467 e. The summed E-state index contributed by atoms with van der Waals surface area (Å²) in [4.78, 5) is 36.4. The van der Waals surface area contributed by atoms with Crippen molar-refractivity contribution in [1.82, 2.24) is 4.90 Å². The molecule has 1 amide bonds. The average molecular weight is 358 g/mol. The van der Waals surface area contributed by atoms with Crippen molar-refractivity contribution in [2.45, 2.75) is 26.0 Å². The van der Waals surface area contributed by atoms with Crippen LogP contribution in [-0.2, 0) is 20.9 Å². The van der Waals surface area contributed by atoms with E-state index in [0.717, 1.165) is 0 Å². The molecule has 0 spiro atoms. The Balaban J connectivity index is 1.60. The first-order chi connectivity index (χ1) is 12.4. The van der Waals surface area contributed by atoms with E-state index in [2.05, 4.69) is 0 Å². The van der Waals surface area contributed by atoms with Crippen LogP contribution in [0.25, 0.3) is 0 Å². The van der Waals surface area contributed by atoms with Crippen molar-refractivity contribution in [2.75, 3.05) is 6.54 Å². The van der Waals surface area contributed by atoms with E-state index in [1.807, 2.05) is 0 Å². The number of nitro groups is 1. The maximum Gasteiger partial charge on any atom is 0.311 e. The smallest absolute Gasteiger partial charge is 0.311 e. The van der Waals surface area contributed by atoms with E-state index < -0.39 is 22.9 Å². The molecule has 3 rings (SSSR count). The van der Waals surface area contributed by atoms with Crippen LogP contribution >= 0.6 is 0 Å². The van der Waals surface area contributed by atoms with Gasteiger partial charge in [0, 0.05) is 25.1 Å². The van der Waals surface area contributed by atoms with Crippen LogP contribution in [0.5, 0.6) is 0 Å². The van der Waals surface area contributed by atoms with Crippen molar-refractivity contribution in [3.8, 4) is 0 Å². The van der Waals surface area contributed by atoms with Crippen molar-refractivity contribution >= 4 is 17.6 Å². The zero-order chi connectivity index (χ0) is 18.7. The minimum absolute atomic E-state index is 0.0638. The number of likely N-dealkylation sites (tertiary alicyclic amines) is 1. The molecule has 8 heteroatoms. The van der Waals surface area contributed by atoms with Crippen LogP contribution in [0.15, 0.2) is 47.1 Å². The maximum absolute atomic E-state index is 12.4. The lowest BCUT2D eigenvalue weighted by atomic mass is 10.1. The Morgan fingerprint density at radius 2 is 2.23 bits per heavy atom. The lowest BCUT2D eigenvalue weighted by Crippen LogP contribution is -2.26. The van der Waals surface area contributed by atoms with Gasteiger partial charge in [-0.25, -0.2) is 0 Å².